The van der Waals surface area contributed by atoms with Crippen LogP contribution in [0.25, 0.3) is 0 Å². The van der Waals surface area contributed by atoms with Crippen molar-refractivity contribution in [2.75, 3.05) is 13.7 Å². The van der Waals surface area contributed by atoms with E-state index in [1.54, 1.807) is 19.2 Å². The number of carbonyl (C=O) groups excluding carboxylic acids is 1. The van der Waals surface area contributed by atoms with Crippen LogP contribution in [0, 0.1) is 5.92 Å². The van der Waals surface area contributed by atoms with Crippen LogP contribution < -0.4 is 0 Å². The third-order valence-corrected chi connectivity index (χ3v) is 11.4. The summed E-state index contributed by atoms with van der Waals surface area (Å²) in [6, 6.07) is 12.0. The normalized spacial score (nSPS) is 25.7. The van der Waals surface area contributed by atoms with E-state index in [9.17, 15) is 4.79 Å². The van der Waals surface area contributed by atoms with Crippen LogP contribution in [-0.2, 0) is 18.6 Å². The molecule has 0 aliphatic carbocycles. The van der Waals surface area contributed by atoms with Gasteiger partial charge in [0.15, 0.2) is 14.4 Å². The summed E-state index contributed by atoms with van der Waals surface area (Å²) in [7, 11) is -0.291. The summed E-state index contributed by atoms with van der Waals surface area (Å²) in [5.74, 6) is -1.31. The molecule has 1 heterocycles. The Labute approximate surface area is 182 Å². The van der Waals surface area contributed by atoms with Crippen LogP contribution >= 0.6 is 0 Å². The third-order valence-electron chi connectivity index (χ3n) is 6.78. The summed E-state index contributed by atoms with van der Waals surface area (Å²) in [6.45, 7) is 15.1. The van der Waals surface area contributed by atoms with Crippen molar-refractivity contribution in [3.63, 3.8) is 0 Å². The molecule has 168 valence electrons. The van der Waals surface area contributed by atoms with E-state index in [1.807, 2.05) is 25.1 Å². The Morgan fingerprint density at radius 2 is 1.80 bits per heavy atom. The molecule has 1 aromatic rings. The first-order valence-corrected chi connectivity index (χ1v) is 13.6. The van der Waals surface area contributed by atoms with Crippen molar-refractivity contribution in [2.24, 2.45) is 5.92 Å². The highest BCUT2D eigenvalue weighted by Crippen LogP contribution is 2.40. The number of rotatable bonds is 10. The number of methoxy groups -OCH3 is 1. The van der Waals surface area contributed by atoms with Gasteiger partial charge in [0.05, 0.1) is 18.3 Å². The van der Waals surface area contributed by atoms with E-state index in [0.29, 0.717) is 12.0 Å². The molecule has 1 aromatic carbocycles. The maximum Gasteiger partial charge on any atom is 0.338 e. The lowest BCUT2D eigenvalue weighted by Gasteiger charge is -2.47. The zero-order valence-electron chi connectivity index (χ0n) is 19.4. The van der Waals surface area contributed by atoms with Crippen molar-refractivity contribution < 1.29 is 23.4 Å². The molecule has 0 amide bonds. The van der Waals surface area contributed by atoms with Crippen LogP contribution in [0.15, 0.2) is 42.5 Å². The van der Waals surface area contributed by atoms with Crippen molar-refractivity contribution in [1.29, 1.82) is 0 Å². The molecule has 6 heteroatoms. The second-order valence-electron chi connectivity index (χ2n) is 8.28. The molecule has 1 saturated heterocycles. The summed E-state index contributed by atoms with van der Waals surface area (Å²) in [4.78, 5) is 12.9. The minimum Gasteiger partial charge on any atom is -0.451 e. The lowest BCUT2D eigenvalue weighted by atomic mass is 9.86. The molecule has 1 aliphatic rings. The van der Waals surface area contributed by atoms with Crippen molar-refractivity contribution in [2.45, 2.75) is 77.2 Å². The first kappa shape index (κ1) is 24.8. The fourth-order valence-corrected chi connectivity index (χ4v) is 6.66. The molecule has 30 heavy (non-hydrogen) atoms. The van der Waals surface area contributed by atoms with Crippen LogP contribution in [0.3, 0.4) is 0 Å². The van der Waals surface area contributed by atoms with Crippen LogP contribution in [0.1, 0.15) is 51.4 Å². The second kappa shape index (κ2) is 10.7. The molecule has 0 bridgehead atoms. The highest BCUT2D eigenvalue weighted by Gasteiger charge is 2.50. The highest BCUT2D eigenvalue weighted by atomic mass is 28.4. The van der Waals surface area contributed by atoms with Crippen LogP contribution in [0.5, 0.6) is 0 Å². The smallest absolute Gasteiger partial charge is 0.338 e. The Balaban J connectivity index is 2.33. The van der Waals surface area contributed by atoms with Crippen molar-refractivity contribution in [3.8, 4) is 0 Å². The quantitative estimate of drug-likeness (QED) is 0.273. The predicted octanol–water partition coefficient (Wildman–Crippen LogP) is 5.58. The lowest BCUT2D eigenvalue weighted by molar-refractivity contribution is -0.306. The summed E-state index contributed by atoms with van der Waals surface area (Å²) < 4.78 is 24.8. The van der Waals surface area contributed by atoms with Crippen molar-refractivity contribution in [3.05, 3.63) is 48.0 Å². The predicted molar refractivity (Wildman–Crippen MR) is 122 cm³/mol. The molecule has 5 nitrogen and oxygen atoms in total. The fraction of sp³-hybridized carbons (Fsp3) is 0.625. The highest BCUT2D eigenvalue weighted by molar-refractivity contribution is 6.73. The number of carbonyl (C=O) groups is 1. The molecule has 1 fully saturated rings. The fourth-order valence-electron chi connectivity index (χ4n) is 4.04. The summed E-state index contributed by atoms with van der Waals surface area (Å²) in [6.07, 6.45) is -0.336. The molecule has 0 radical (unpaired) electrons. The monoisotopic (exact) mass is 434 g/mol. The number of hydrogen-bond acceptors (Lipinski definition) is 5. The van der Waals surface area contributed by atoms with Crippen LogP contribution in [0.4, 0.5) is 0 Å². The van der Waals surface area contributed by atoms with E-state index in [1.165, 1.54) is 0 Å². The van der Waals surface area contributed by atoms with Gasteiger partial charge in [-0.05, 0) is 37.2 Å². The molecule has 0 aromatic heterocycles. The molecule has 0 N–H and O–H groups in total. The molecular weight excluding hydrogens is 396 g/mol. The van der Waals surface area contributed by atoms with Gasteiger partial charge in [0.2, 0.25) is 5.79 Å². The topological polar surface area (TPSA) is 54.0 Å². The first-order valence-electron chi connectivity index (χ1n) is 11.1. The molecular formula is C24H38O5Si. The van der Waals surface area contributed by atoms with E-state index in [4.69, 9.17) is 18.6 Å². The van der Waals surface area contributed by atoms with Gasteiger partial charge in [-0.2, -0.15) is 0 Å². The minimum absolute atomic E-state index is 0.102. The molecule has 4 atom stereocenters. The molecule has 0 unspecified atom stereocenters. The van der Waals surface area contributed by atoms with Crippen molar-refractivity contribution in [1.82, 2.24) is 0 Å². The van der Waals surface area contributed by atoms with E-state index in [0.717, 1.165) is 23.7 Å². The Bertz CT molecular complexity index is 695. The second-order valence-corrected chi connectivity index (χ2v) is 13.1. The Morgan fingerprint density at radius 1 is 1.20 bits per heavy atom. The Morgan fingerprint density at radius 3 is 2.30 bits per heavy atom. The zero-order chi connectivity index (χ0) is 22.4. The number of esters is 1. The van der Waals surface area contributed by atoms with Gasteiger partial charge in [0.25, 0.3) is 0 Å². The van der Waals surface area contributed by atoms with E-state index in [2.05, 4.69) is 34.3 Å². The summed E-state index contributed by atoms with van der Waals surface area (Å²) in [5.41, 5.74) is 1.52. The van der Waals surface area contributed by atoms with Gasteiger partial charge in [-0.15, -0.1) is 0 Å². The zero-order valence-corrected chi connectivity index (χ0v) is 20.4. The van der Waals surface area contributed by atoms with Gasteiger partial charge >= 0.3 is 5.97 Å². The maximum atomic E-state index is 12.9. The molecule has 2 rings (SSSR count). The van der Waals surface area contributed by atoms with Gasteiger partial charge in [-0.25, -0.2) is 4.79 Å². The molecule has 0 spiro atoms. The van der Waals surface area contributed by atoms with E-state index < -0.39 is 26.2 Å². The SMILES string of the molecule is C=C1C[C@](OC)([C@@H](CO[Si](CC)(CC)CC)OC(=O)c2ccccc2)O[C@H](C)[C@@H]1C. The van der Waals surface area contributed by atoms with Crippen LogP contribution in [-0.4, -0.2) is 46.0 Å². The first-order chi connectivity index (χ1) is 14.3. The van der Waals surface area contributed by atoms with Gasteiger partial charge < -0.3 is 18.6 Å². The third kappa shape index (κ3) is 5.41. The minimum atomic E-state index is -1.89. The maximum absolute atomic E-state index is 12.9. The summed E-state index contributed by atoms with van der Waals surface area (Å²) in [5, 5.41) is 0. The van der Waals surface area contributed by atoms with E-state index in [-0.39, 0.29) is 18.6 Å². The average Bonchev–Trinajstić information content (AvgIpc) is 2.78. The van der Waals surface area contributed by atoms with E-state index >= 15 is 0 Å². The standard InChI is InChI=1S/C24H38O5Si/c1-8-30(9-2,10-3)27-17-22(28-23(25)21-14-12-11-13-15-21)24(26-7)16-18(4)19(5)20(6)29-24/h11-15,19-20,22H,4,8-10,16-17H2,1-3,5-7H3/t19-,20-,22-,24-/m1/s1. The van der Waals surface area contributed by atoms with Gasteiger partial charge in [0.1, 0.15) is 0 Å². The van der Waals surface area contributed by atoms with Crippen molar-refractivity contribution >= 4 is 14.3 Å². The number of benzene rings is 1. The summed E-state index contributed by atoms with van der Waals surface area (Å²) >= 11 is 0. The largest absolute Gasteiger partial charge is 0.451 e. The Kier molecular flexibility index (Phi) is 8.85. The van der Waals surface area contributed by atoms with Gasteiger partial charge in [0, 0.05) is 19.4 Å². The van der Waals surface area contributed by atoms with Gasteiger partial charge in [-0.3, -0.25) is 0 Å². The lowest BCUT2D eigenvalue weighted by Crippen LogP contribution is -2.57. The molecule has 0 saturated carbocycles. The number of hydrogen-bond donors (Lipinski definition) is 0. The van der Waals surface area contributed by atoms with Gasteiger partial charge in [-0.1, -0.05) is 58.0 Å². The number of ether oxygens (including phenoxy) is 3. The molecule has 1 aliphatic heterocycles. The average molecular weight is 435 g/mol. The Hall–Kier alpha value is -1.47. The van der Waals surface area contributed by atoms with Crippen LogP contribution in [0.2, 0.25) is 18.1 Å².